The van der Waals surface area contributed by atoms with Gasteiger partial charge in [-0.3, -0.25) is 5.10 Å². The molecule has 6 heteroatoms. The summed E-state index contributed by atoms with van der Waals surface area (Å²) in [6.07, 6.45) is 3.84. The average Bonchev–Trinajstić information content (AvgIpc) is 3.28. The van der Waals surface area contributed by atoms with Gasteiger partial charge in [-0.15, -0.1) is 11.3 Å². The number of rotatable bonds is 4. The molecule has 0 spiro atoms. The fourth-order valence-corrected chi connectivity index (χ4v) is 3.79. The quantitative estimate of drug-likeness (QED) is 0.469. The number of fused-ring (bicyclic) bond motifs is 1. The number of carboxylic acid groups (broad SMARTS) is 1. The molecule has 4 rings (SSSR count). The number of nitrogens with one attached hydrogen (secondary N) is 1. The summed E-state index contributed by atoms with van der Waals surface area (Å²) in [5.41, 5.74) is 4.12. The molecular formula is C20H13ClN2O2S. The van der Waals surface area contributed by atoms with Crippen molar-refractivity contribution in [1.82, 2.24) is 10.2 Å². The van der Waals surface area contributed by atoms with E-state index in [1.807, 2.05) is 42.5 Å². The number of carboxylic acids is 1. The SMILES string of the molecule is O=C(O)c1sccc1-c1cc(Cl)ccc1/C=C/c1n[nH]c2ccccc12. The zero-order valence-electron chi connectivity index (χ0n) is 13.4. The Labute approximate surface area is 158 Å². The maximum atomic E-state index is 11.5. The Morgan fingerprint density at radius 1 is 1.12 bits per heavy atom. The van der Waals surface area contributed by atoms with Gasteiger partial charge < -0.3 is 5.11 Å². The molecule has 0 bridgehead atoms. The minimum absolute atomic E-state index is 0.298. The van der Waals surface area contributed by atoms with Gasteiger partial charge in [0, 0.05) is 16.0 Å². The van der Waals surface area contributed by atoms with Crippen molar-refractivity contribution in [2.45, 2.75) is 0 Å². The number of thiophene rings is 1. The molecule has 0 fully saturated rings. The molecule has 0 saturated heterocycles. The molecule has 2 N–H and O–H groups in total. The molecule has 0 aliphatic carbocycles. The summed E-state index contributed by atoms with van der Waals surface area (Å²) in [6.45, 7) is 0. The lowest BCUT2D eigenvalue weighted by Crippen LogP contribution is -1.95. The number of hydrogen-bond donors (Lipinski definition) is 2. The number of para-hydroxylation sites is 1. The van der Waals surface area contributed by atoms with E-state index >= 15 is 0 Å². The topological polar surface area (TPSA) is 66.0 Å². The summed E-state index contributed by atoms with van der Waals surface area (Å²) >= 11 is 7.36. The number of halogens is 1. The first-order valence-electron chi connectivity index (χ1n) is 7.85. The van der Waals surface area contributed by atoms with Crippen molar-refractivity contribution >= 4 is 52.0 Å². The van der Waals surface area contributed by atoms with E-state index in [1.165, 1.54) is 11.3 Å². The second kappa shape index (κ2) is 6.78. The Kier molecular flexibility index (Phi) is 4.32. The third-order valence-corrected chi connectivity index (χ3v) is 5.22. The molecule has 0 radical (unpaired) electrons. The van der Waals surface area contributed by atoms with Gasteiger partial charge in [0.05, 0.1) is 11.2 Å². The molecule has 0 amide bonds. The highest BCUT2D eigenvalue weighted by atomic mass is 35.5. The van der Waals surface area contributed by atoms with Gasteiger partial charge in [0.15, 0.2) is 0 Å². The van der Waals surface area contributed by atoms with Gasteiger partial charge in [-0.05, 0) is 46.8 Å². The highest BCUT2D eigenvalue weighted by Crippen LogP contribution is 2.34. The van der Waals surface area contributed by atoms with Crippen molar-refractivity contribution in [2.75, 3.05) is 0 Å². The highest BCUT2D eigenvalue weighted by molar-refractivity contribution is 7.12. The second-order valence-corrected chi connectivity index (χ2v) is 7.04. The van der Waals surface area contributed by atoms with E-state index in [9.17, 15) is 9.90 Å². The summed E-state index contributed by atoms with van der Waals surface area (Å²) in [5, 5.41) is 20.1. The van der Waals surface area contributed by atoms with E-state index in [-0.39, 0.29) is 0 Å². The molecule has 2 aromatic heterocycles. The molecule has 4 aromatic rings. The second-order valence-electron chi connectivity index (χ2n) is 5.69. The Bertz CT molecular complexity index is 1140. The lowest BCUT2D eigenvalue weighted by molar-refractivity contribution is 0.0703. The van der Waals surface area contributed by atoms with Crippen LogP contribution >= 0.6 is 22.9 Å². The molecule has 0 aliphatic heterocycles. The minimum atomic E-state index is -0.941. The van der Waals surface area contributed by atoms with Crippen LogP contribution in [0.15, 0.2) is 53.9 Å². The van der Waals surface area contributed by atoms with E-state index in [1.54, 1.807) is 23.6 Å². The smallest absolute Gasteiger partial charge is 0.346 e. The molecule has 4 nitrogen and oxygen atoms in total. The number of carbonyl (C=O) groups is 1. The zero-order chi connectivity index (χ0) is 18.1. The first kappa shape index (κ1) is 16.6. The van der Waals surface area contributed by atoms with Crippen LogP contribution in [0.4, 0.5) is 0 Å². The fourth-order valence-electron chi connectivity index (χ4n) is 2.87. The molecule has 0 atom stereocenters. The van der Waals surface area contributed by atoms with Crippen LogP contribution in [0.3, 0.4) is 0 Å². The van der Waals surface area contributed by atoms with Crippen LogP contribution in [-0.2, 0) is 0 Å². The van der Waals surface area contributed by atoms with Crippen LogP contribution in [0.1, 0.15) is 20.9 Å². The maximum Gasteiger partial charge on any atom is 0.346 e. The van der Waals surface area contributed by atoms with Gasteiger partial charge in [-0.25, -0.2) is 4.79 Å². The van der Waals surface area contributed by atoms with Crippen LogP contribution < -0.4 is 0 Å². The average molecular weight is 381 g/mol. The number of hydrogen-bond acceptors (Lipinski definition) is 3. The fraction of sp³-hybridized carbons (Fsp3) is 0. The van der Waals surface area contributed by atoms with Crippen LogP contribution in [0, 0.1) is 0 Å². The lowest BCUT2D eigenvalue weighted by atomic mass is 9.99. The van der Waals surface area contributed by atoms with Gasteiger partial charge in [0.1, 0.15) is 4.88 Å². The van der Waals surface area contributed by atoms with E-state index in [2.05, 4.69) is 10.2 Å². The van der Waals surface area contributed by atoms with E-state index < -0.39 is 5.97 Å². The number of aromatic nitrogens is 2. The molecule has 2 aromatic carbocycles. The van der Waals surface area contributed by atoms with Crippen LogP contribution in [-0.4, -0.2) is 21.3 Å². The van der Waals surface area contributed by atoms with Crippen LogP contribution in [0.5, 0.6) is 0 Å². The Hall–Kier alpha value is -2.89. The highest BCUT2D eigenvalue weighted by Gasteiger charge is 2.15. The number of nitrogens with zero attached hydrogens (tertiary/aromatic N) is 1. The predicted octanol–water partition coefficient (Wildman–Crippen LogP) is 5.81. The van der Waals surface area contributed by atoms with Gasteiger partial charge in [-0.1, -0.05) is 41.9 Å². The van der Waals surface area contributed by atoms with Gasteiger partial charge in [0.2, 0.25) is 0 Å². The summed E-state index contributed by atoms with van der Waals surface area (Å²) in [4.78, 5) is 11.8. The van der Waals surface area contributed by atoms with E-state index in [4.69, 9.17) is 11.6 Å². The van der Waals surface area contributed by atoms with Crippen LogP contribution in [0.2, 0.25) is 5.02 Å². The van der Waals surface area contributed by atoms with Crippen molar-refractivity contribution in [3.8, 4) is 11.1 Å². The molecule has 0 unspecified atom stereocenters. The normalized spacial score (nSPS) is 11.4. The van der Waals surface area contributed by atoms with Gasteiger partial charge in [0.25, 0.3) is 0 Å². The van der Waals surface area contributed by atoms with Crippen molar-refractivity contribution < 1.29 is 9.90 Å². The predicted molar refractivity (Wildman–Crippen MR) is 107 cm³/mol. The number of aromatic amines is 1. The molecular weight excluding hydrogens is 368 g/mol. The molecule has 26 heavy (non-hydrogen) atoms. The molecule has 0 saturated carbocycles. The third kappa shape index (κ3) is 3.03. The van der Waals surface area contributed by atoms with E-state index in [0.717, 1.165) is 27.7 Å². The third-order valence-electron chi connectivity index (χ3n) is 4.09. The van der Waals surface area contributed by atoms with Crippen molar-refractivity contribution in [3.05, 3.63) is 75.1 Å². The minimum Gasteiger partial charge on any atom is -0.477 e. The maximum absolute atomic E-state index is 11.5. The van der Waals surface area contributed by atoms with Crippen molar-refractivity contribution in [2.24, 2.45) is 0 Å². The Morgan fingerprint density at radius 3 is 2.81 bits per heavy atom. The zero-order valence-corrected chi connectivity index (χ0v) is 15.0. The lowest BCUT2D eigenvalue weighted by Gasteiger charge is -2.07. The van der Waals surface area contributed by atoms with Gasteiger partial charge in [-0.2, -0.15) is 5.10 Å². The summed E-state index contributed by atoms with van der Waals surface area (Å²) < 4.78 is 0. The summed E-state index contributed by atoms with van der Waals surface area (Å²) in [6, 6.07) is 15.2. The number of benzene rings is 2. The van der Waals surface area contributed by atoms with E-state index in [0.29, 0.717) is 15.5 Å². The Balaban J connectivity index is 1.80. The summed E-state index contributed by atoms with van der Waals surface area (Å²) in [5.74, 6) is -0.941. The van der Waals surface area contributed by atoms with Crippen molar-refractivity contribution in [3.63, 3.8) is 0 Å². The largest absolute Gasteiger partial charge is 0.477 e. The van der Waals surface area contributed by atoms with Crippen molar-refractivity contribution in [1.29, 1.82) is 0 Å². The first-order chi connectivity index (χ1) is 12.6. The summed E-state index contributed by atoms with van der Waals surface area (Å²) in [7, 11) is 0. The number of aromatic carboxylic acids is 1. The number of H-pyrrole nitrogens is 1. The molecule has 0 aliphatic rings. The first-order valence-corrected chi connectivity index (χ1v) is 9.11. The Morgan fingerprint density at radius 2 is 1.96 bits per heavy atom. The molecule has 2 heterocycles. The van der Waals surface area contributed by atoms with Gasteiger partial charge >= 0.3 is 5.97 Å². The standard InChI is InChI=1S/C20H13ClN2O2S/c21-13-7-5-12(16(11-13)14-9-10-26-19(14)20(24)25)6-8-18-15-3-1-2-4-17(15)22-23-18/h1-11H,(H,22,23)(H,24,25)/b8-6+. The van der Waals surface area contributed by atoms with Crippen LogP contribution in [0.25, 0.3) is 34.2 Å². The monoisotopic (exact) mass is 380 g/mol. The molecule has 128 valence electrons.